The van der Waals surface area contributed by atoms with E-state index in [9.17, 15) is 0 Å². The summed E-state index contributed by atoms with van der Waals surface area (Å²) in [5, 5.41) is 5.28. The van der Waals surface area contributed by atoms with Gasteiger partial charge in [0.05, 0.1) is 12.5 Å². The zero-order valence-corrected chi connectivity index (χ0v) is 15.0. The van der Waals surface area contributed by atoms with E-state index in [1.165, 1.54) is 16.5 Å². The fourth-order valence-electron chi connectivity index (χ4n) is 4.01. The highest BCUT2D eigenvalue weighted by atomic mass is 16.5. The maximum Gasteiger partial charge on any atom is 0.231 e. The standard InChI is InChI=1S/C19H24N4O2/c1-13-20-19(25-21-13)17-11-23(10-15(17)12-24-3)9-14-8-22(2)18-7-5-4-6-16(14)18/h4-8,15,17H,9-12H2,1-3H3/t15-,17+/m0/s1. The van der Waals surface area contributed by atoms with Crippen molar-refractivity contribution in [2.45, 2.75) is 19.4 Å². The monoisotopic (exact) mass is 340 g/mol. The van der Waals surface area contributed by atoms with E-state index in [0.717, 1.165) is 25.5 Å². The number of nitrogens with zero attached hydrogens (tertiary/aromatic N) is 4. The lowest BCUT2D eigenvalue weighted by Gasteiger charge is -2.15. The molecule has 2 aromatic heterocycles. The second kappa shape index (κ2) is 6.61. The highest BCUT2D eigenvalue weighted by Crippen LogP contribution is 2.33. The van der Waals surface area contributed by atoms with Crippen LogP contribution in [0.15, 0.2) is 35.0 Å². The predicted molar refractivity (Wildman–Crippen MR) is 95.3 cm³/mol. The van der Waals surface area contributed by atoms with E-state index in [-0.39, 0.29) is 5.92 Å². The van der Waals surface area contributed by atoms with E-state index >= 15 is 0 Å². The molecule has 6 heteroatoms. The Labute approximate surface area is 147 Å². The second-order valence-corrected chi connectivity index (χ2v) is 6.98. The molecule has 4 rings (SSSR count). The fourth-order valence-corrected chi connectivity index (χ4v) is 4.01. The van der Waals surface area contributed by atoms with Gasteiger partial charge in [-0.05, 0) is 18.6 Å². The third kappa shape index (κ3) is 3.07. The Morgan fingerprint density at radius 1 is 1.28 bits per heavy atom. The molecule has 3 heterocycles. The number of aromatic nitrogens is 3. The quantitative estimate of drug-likeness (QED) is 0.715. The molecule has 0 bridgehead atoms. The minimum atomic E-state index is 0.233. The van der Waals surface area contributed by atoms with Gasteiger partial charge in [-0.1, -0.05) is 23.4 Å². The molecule has 1 saturated heterocycles. The molecule has 0 amide bonds. The lowest BCUT2D eigenvalue weighted by Crippen LogP contribution is -2.21. The molecule has 1 aliphatic heterocycles. The van der Waals surface area contributed by atoms with E-state index in [1.54, 1.807) is 7.11 Å². The van der Waals surface area contributed by atoms with Crippen LogP contribution in [0.2, 0.25) is 0 Å². The Kier molecular flexibility index (Phi) is 4.31. The maximum absolute atomic E-state index is 5.45. The molecule has 25 heavy (non-hydrogen) atoms. The summed E-state index contributed by atoms with van der Waals surface area (Å²) in [5.74, 6) is 2.04. The van der Waals surface area contributed by atoms with Gasteiger partial charge >= 0.3 is 0 Å². The number of aryl methyl sites for hydroxylation is 2. The van der Waals surface area contributed by atoms with Crippen molar-refractivity contribution in [1.29, 1.82) is 0 Å². The van der Waals surface area contributed by atoms with Crippen LogP contribution in [0.5, 0.6) is 0 Å². The largest absolute Gasteiger partial charge is 0.384 e. The first-order valence-electron chi connectivity index (χ1n) is 8.70. The summed E-state index contributed by atoms with van der Waals surface area (Å²) in [6.45, 7) is 5.38. The summed E-state index contributed by atoms with van der Waals surface area (Å²) in [6.07, 6.45) is 2.24. The summed E-state index contributed by atoms with van der Waals surface area (Å²) in [4.78, 5) is 6.92. The molecule has 6 nitrogen and oxygen atoms in total. The number of hydrogen-bond donors (Lipinski definition) is 0. The molecule has 1 aromatic carbocycles. The van der Waals surface area contributed by atoms with E-state index in [2.05, 4.69) is 57.1 Å². The van der Waals surface area contributed by atoms with Gasteiger partial charge in [-0.2, -0.15) is 4.98 Å². The van der Waals surface area contributed by atoms with E-state index in [0.29, 0.717) is 18.3 Å². The SMILES string of the molecule is COC[C@@H]1CN(Cc2cn(C)c3ccccc23)C[C@H]1c1nc(C)no1. The van der Waals surface area contributed by atoms with Crippen molar-refractivity contribution < 1.29 is 9.26 Å². The Morgan fingerprint density at radius 2 is 2.12 bits per heavy atom. The zero-order valence-electron chi connectivity index (χ0n) is 15.0. The summed E-state index contributed by atoms with van der Waals surface area (Å²) in [5.41, 5.74) is 2.63. The van der Waals surface area contributed by atoms with Gasteiger partial charge in [-0.25, -0.2) is 0 Å². The van der Waals surface area contributed by atoms with Crippen molar-refractivity contribution in [3.05, 3.63) is 47.7 Å². The van der Waals surface area contributed by atoms with Gasteiger partial charge in [0.1, 0.15) is 0 Å². The smallest absolute Gasteiger partial charge is 0.231 e. The average molecular weight is 340 g/mol. The van der Waals surface area contributed by atoms with Crippen LogP contribution in [-0.2, 0) is 18.3 Å². The summed E-state index contributed by atoms with van der Waals surface area (Å²) in [7, 11) is 3.86. The predicted octanol–water partition coefficient (Wildman–Crippen LogP) is 2.73. The highest BCUT2D eigenvalue weighted by Gasteiger charge is 2.37. The molecule has 0 radical (unpaired) electrons. The molecule has 0 aliphatic carbocycles. The topological polar surface area (TPSA) is 56.3 Å². The molecule has 0 saturated carbocycles. The lowest BCUT2D eigenvalue weighted by molar-refractivity contribution is 0.142. The van der Waals surface area contributed by atoms with Crippen molar-refractivity contribution in [3.63, 3.8) is 0 Å². The normalized spacial score (nSPS) is 21.4. The summed E-state index contributed by atoms with van der Waals surface area (Å²) >= 11 is 0. The van der Waals surface area contributed by atoms with E-state index < -0.39 is 0 Å². The van der Waals surface area contributed by atoms with E-state index in [4.69, 9.17) is 9.26 Å². The Hall–Kier alpha value is -2.18. The van der Waals surface area contributed by atoms with Gasteiger partial charge in [-0.3, -0.25) is 4.90 Å². The molecule has 2 atom stereocenters. The van der Waals surface area contributed by atoms with Crippen LogP contribution in [0.1, 0.15) is 23.2 Å². The van der Waals surface area contributed by atoms with Gasteiger partial charge in [0.15, 0.2) is 5.82 Å². The number of methoxy groups -OCH3 is 1. The molecular weight excluding hydrogens is 316 g/mol. The average Bonchev–Trinajstić information content (AvgIpc) is 3.28. The number of fused-ring (bicyclic) bond motifs is 1. The first-order valence-corrected chi connectivity index (χ1v) is 8.70. The van der Waals surface area contributed by atoms with Crippen molar-refractivity contribution >= 4 is 10.9 Å². The highest BCUT2D eigenvalue weighted by molar-refractivity contribution is 5.83. The van der Waals surface area contributed by atoms with Crippen LogP contribution >= 0.6 is 0 Å². The van der Waals surface area contributed by atoms with Crippen LogP contribution in [0.25, 0.3) is 10.9 Å². The van der Waals surface area contributed by atoms with Crippen LogP contribution in [0.4, 0.5) is 0 Å². The molecular formula is C19H24N4O2. The summed E-state index contributed by atoms with van der Waals surface area (Å²) in [6, 6.07) is 8.56. The van der Waals surface area contributed by atoms with Crippen molar-refractivity contribution in [1.82, 2.24) is 19.6 Å². The van der Waals surface area contributed by atoms with Gasteiger partial charge in [0.2, 0.25) is 5.89 Å². The van der Waals surface area contributed by atoms with Gasteiger partial charge in [0.25, 0.3) is 0 Å². The molecule has 0 N–H and O–H groups in total. The van der Waals surface area contributed by atoms with E-state index in [1.807, 2.05) is 6.92 Å². The van der Waals surface area contributed by atoms with Crippen LogP contribution in [-0.4, -0.2) is 46.4 Å². The number of hydrogen-bond acceptors (Lipinski definition) is 5. The third-order valence-corrected chi connectivity index (χ3v) is 5.13. The molecule has 1 aliphatic rings. The number of ether oxygens (including phenoxy) is 1. The molecule has 0 spiro atoms. The van der Waals surface area contributed by atoms with Gasteiger partial charge in [-0.15, -0.1) is 0 Å². The first kappa shape index (κ1) is 16.3. The number of likely N-dealkylation sites (tertiary alicyclic amines) is 1. The fraction of sp³-hybridized carbons (Fsp3) is 0.474. The lowest BCUT2D eigenvalue weighted by atomic mass is 9.97. The van der Waals surface area contributed by atoms with Gasteiger partial charge in [0, 0.05) is 56.8 Å². The maximum atomic E-state index is 5.45. The number of benzene rings is 1. The van der Waals surface area contributed by atoms with Crippen molar-refractivity contribution in [3.8, 4) is 0 Å². The van der Waals surface area contributed by atoms with Crippen LogP contribution < -0.4 is 0 Å². The van der Waals surface area contributed by atoms with Crippen molar-refractivity contribution in [2.75, 3.05) is 26.8 Å². The molecule has 3 aromatic rings. The first-order chi connectivity index (χ1) is 12.2. The summed E-state index contributed by atoms with van der Waals surface area (Å²) < 4.78 is 13.1. The molecule has 1 fully saturated rings. The minimum Gasteiger partial charge on any atom is -0.384 e. The van der Waals surface area contributed by atoms with Crippen LogP contribution in [0, 0.1) is 12.8 Å². The molecule has 132 valence electrons. The Balaban J connectivity index is 1.56. The molecule has 0 unspecified atom stereocenters. The number of para-hydroxylation sites is 1. The third-order valence-electron chi connectivity index (χ3n) is 5.13. The van der Waals surface area contributed by atoms with Crippen molar-refractivity contribution in [2.24, 2.45) is 13.0 Å². The van der Waals surface area contributed by atoms with Crippen LogP contribution in [0.3, 0.4) is 0 Å². The number of rotatable bonds is 5. The van der Waals surface area contributed by atoms with Gasteiger partial charge < -0.3 is 13.8 Å². The zero-order chi connectivity index (χ0) is 17.4. The Bertz CT molecular complexity index is 869. The second-order valence-electron chi connectivity index (χ2n) is 6.98. The minimum absolute atomic E-state index is 0.233. The Morgan fingerprint density at radius 3 is 2.88 bits per heavy atom.